The van der Waals surface area contributed by atoms with E-state index in [1.165, 1.54) is 0 Å². The Balaban J connectivity index is 2.08. The fourth-order valence-corrected chi connectivity index (χ4v) is 2.28. The van der Waals surface area contributed by atoms with Crippen LogP contribution >= 0.6 is 0 Å². The highest BCUT2D eigenvalue weighted by atomic mass is 16.2. The maximum absolute atomic E-state index is 11.8. The zero-order valence-electron chi connectivity index (χ0n) is 14.9. The second-order valence-corrected chi connectivity index (χ2v) is 6.36. The first kappa shape index (κ1) is 19.9. The van der Waals surface area contributed by atoms with Crippen molar-refractivity contribution < 1.29 is 9.59 Å². The van der Waals surface area contributed by atoms with E-state index in [-0.39, 0.29) is 11.8 Å². The number of carbonyl (C=O) groups excluding carboxylic acids is 2. The van der Waals surface area contributed by atoms with Crippen molar-refractivity contribution in [1.82, 2.24) is 10.6 Å². The SMILES string of the molecule is CC(C)CCCC(=O)NCCNC(=O)CCC1=C/C=C\C=C/C=C\1. The summed E-state index contributed by atoms with van der Waals surface area (Å²) in [5.74, 6) is 0.709. The Kier molecular flexibility index (Phi) is 10.3. The molecule has 1 aliphatic rings. The molecule has 0 bridgehead atoms. The molecular formula is C20H30N2O2. The predicted octanol–water partition coefficient (Wildman–Crippen LogP) is 3.43. The Morgan fingerprint density at radius 2 is 1.54 bits per heavy atom. The van der Waals surface area contributed by atoms with Gasteiger partial charge in [-0.15, -0.1) is 0 Å². The lowest BCUT2D eigenvalue weighted by Gasteiger charge is -2.08. The molecule has 0 aromatic carbocycles. The second kappa shape index (κ2) is 12.3. The maximum Gasteiger partial charge on any atom is 0.220 e. The largest absolute Gasteiger partial charge is 0.354 e. The maximum atomic E-state index is 11.8. The Morgan fingerprint density at radius 3 is 2.25 bits per heavy atom. The van der Waals surface area contributed by atoms with Crippen LogP contribution in [0.1, 0.15) is 46.0 Å². The summed E-state index contributed by atoms with van der Waals surface area (Å²) in [6, 6.07) is 0. The molecule has 132 valence electrons. The minimum atomic E-state index is 0.0138. The van der Waals surface area contributed by atoms with Gasteiger partial charge in [0.1, 0.15) is 0 Å². The summed E-state index contributed by atoms with van der Waals surface area (Å²) in [4.78, 5) is 23.4. The summed E-state index contributed by atoms with van der Waals surface area (Å²) in [5.41, 5.74) is 1.13. The van der Waals surface area contributed by atoms with Crippen LogP contribution in [0.5, 0.6) is 0 Å². The van der Waals surface area contributed by atoms with Crippen LogP contribution in [0.15, 0.2) is 48.1 Å². The zero-order chi connectivity index (χ0) is 17.6. The minimum Gasteiger partial charge on any atom is -0.354 e. The van der Waals surface area contributed by atoms with Gasteiger partial charge < -0.3 is 10.6 Å². The van der Waals surface area contributed by atoms with Crippen LogP contribution < -0.4 is 10.6 Å². The summed E-state index contributed by atoms with van der Waals surface area (Å²) in [7, 11) is 0. The molecular weight excluding hydrogens is 300 g/mol. The number of nitrogens with one attached hydrogen (secondary N) is 2. The van der Waals surface area contributed by atoms with Gasteiger partial charge in [-0.3, -0.25) is 9.59 Å². The van der Waals surface area contributed by atoms with E-state index in [1.807, 2.05) is 42.5 Å². The fraction of sp³-hybridized carbons (Fsp3) is 0.500. The van der Waals surface area contributed by atoms with Crippen molar-refractivity contribution >= 4 is 11.8 Å². The molecule has 0 aromatic rings. The zero-order valence-corrected chi connectivity index (χ0v) is 14.9. The van der Waals surface area contributed by atoms with E-state index in [4.69, 9.17) is 0 Å². The summed E-state index contributed by atoms with van der Waals surface area (Å²) in [6.07, 6.45) is 17.6. The molecule has 0 atom stereocenters. The third-order valence-corrected chi connectivity index (χ3v) is 3.66. The van der Waals surface area contributed by atoms with Crippen LogP contribution in [0.25, 0.3) is 0 Å². The van der Waals surface area contributed by atoms with E-state index < -0.39 is 0 Å². The molecule has 2 amide bonds. The molecule has 0 fully saturated rings. The Labute approximate surface area is 145 Å². The van der Waals surface area contributed by atoms with E-state index in [9.17, 15) is 9.59 Å². The average molecular weight is 330 g/mol. The molecule has 2 N–H and O–H groups in total. The Morgan fingerprint density at radius 1 is 0.917 bits per heavy atom. The van der Waals surface area contributed by atoms with Crippen molar-refractivity contribution in [3.8, 4) is 0 Å². The van der Waals surface area contributed by atoms with Crippen LogP contribution in [0.2, 0.25) is 0 Å². The summed E-state index contributed by atoms with van der Waals surface area (Å²) < 4.78 is 0. The highest BCUT2D eigenvalue weighted by Crippen LogP contribution is 2.09. The van der Waals surface area contributed by atoms with Crippen LogP contribution in [0.3, 0.4) is 0 Å². The Hall–Kier alpha value is -2.10. The van der Waals surface area contributed by atoms with Crippen LogP contribution in [0, 0.1) is 5.92 Å². The quantitative estimate of drug-likeness (QED) is 0.603. The lowest BCUT2D eigenvalue weighted by atomic mass is 10.1. The molecule has 1 rings (SSSR count). The van der Waals surface area contributed by atoms with Crippen molar-refractivity contribution in [3.63, 3.8) is 0 Å². The first-order valence-electron chi connectivity index (χ1n) is 8.82. The van der Waals surface area contributed by atoms with Crippen molar-refractivity contribution in [1.29, 1.82) is 0 Å². The van der Waals surface area contributed by atoms with E-state index in [1.54, 1.807) is 0 Å². The van der Waals surface area contributed by atoms with Gasteiger partial charge in [0.25, 0.3) is 0 Å². The molecule has 0 unspecified atom stereocenters. The standard InChI is InChI=1S/C20H30N2O2/c1-17(2)9-8-12-19(23)21-15-16-22-20(24)14-13-18-10-6-4-3-5-7-11-18/h3-7,10-11,17H,8-9,12-16H2,1-2H3,(H,21,23)(H,22,24)/b4-3-,5-3?,6-4?,7-5-,10-6-,11-7?,18-10?,18-11+. The summed E-state index contributed by atoms with van der Waals surface area (Å²) in [6.45, 7) is 5.28. The highest BCUT2D eigenvalue weighted by Gasteiger charge is 2.04. The van der Waals surface area contributed by atoms with E-state index in [0.717, 1.165) is 18.4 Å². The van der Waals surface area contributed by atoms with Gasteiger partial charge in [-0.1, -0.05) is 62.8 Å². The molecule has 0 heterocycles. The second-order valence-electron chi connectivity index (χ2n) is 6.36. The molecule has 0 saturated carbocycles. The lowest BCUT2D eigenvalue weighted by Crippen LogP contribution is -2.34. The smallest absolute Gasteiger partial charge is 0.220 e. The topological polar surface area (TPSA) is 58.2 Å². The van der Waals surface area contributed by atoms with Gasteiger partial charge in [-0.2, -0.15) is 0 Å². The van der Waals surface area contributed by atoms with Gasteiger partial charge in [0.15, 0.2) is 0 Å². The lowest BCUT2D eigenvalue weighted by molar-refractivity contribution is -0.123. The first-order chi connectivity index (χ1) is 11.6. The van der Waals surface area contributed by atoms with Crippen LogP contribution in [-0.4, -0.2) is 24.9 Å². The van der Waals surface area contributed by atoms with E-state index >= 15 is 0 Å². The van der Waals surface area contributed by atoms with Crippen LogP contribution in [-0.2, 0) is 9.59 Å². The first-order valence-corrected chi connectivity index (χ1v) is 8.82. The fourth-order valence-electron chi connectivity index (χ4n) is 2.28. The molecule has 0 aliphatic heterocycles. The predicted molar refractivity (Wildman–Crippen MR) is 99.4 cm³/mol. The van der Waals surface area contributed by atoms with Gasteiger partial charge in [-0.05, 0) is 24.3 Å². The van der Waals surface area contributed by atoms with Gasteiger partial charge >= 0.3 is 0 Å². The summed E-state index contributed by atoms with van der Waals surface area (Å²) >= 11 is 0. The Bertz CT molecular complexity index is 514. The number of amides is 2. The van der Waals surface area contributed by atoms with Gasteiger partial charge in [0.2, 0.25) is 11.8 Å². The molecule has 0 aromatic heterocycles. The molecule has 1 aliphatic carbocycles. The number of rotatable bonds is 10. The number of hydrogen-bond acceptors (Lipinski definition) is 2. The average Bonchev–Trinajstić information content (AvgIpc) is 2.50. The van der Waals surface area contributed by atoms with E-state index in [2.05, 4.69) is 24.5 Å². The van der Waals surface area contributed by atoms with Crippen molar-refractivity contribution in [2.75, 3.05) is 13.1 Å². The third-order valence-electron chi connectivity index (χ3n) is 3.66. The van der Waals surface area contributed by atoms with Crippen molar-refractivity contribution in [3.05, 3.63) is 48.1 Å². The molecule has 0 spiro atoms. The molecule has 24 heavy (non-hydrogen) atoms. The van der Waals surface area contributed by atoms with E-state index in [0.29, 0.717) is 38.3 Å². The number of carbonyl (C=O) groups is 2. The third kappa shape index (κ3) is 10.6. The monoisotopic (exact) mass is 330 g/mol. The molecule has 4 heteroatoms. The van der Waals surface area contributed by atoms with Gasteiger partial charge in [0, 0.05) is 25.9 Å². The molecule has 4 nitrogen and oxygen atoms in total. The van der Waals surface area contributed by atoms with Gasteiger partial charge in [-0.25, -0.2) is 0 Å². The number of allylic oxidation sites excluding steroid dienone is 8. The molecule has 0 radical (unpaired) electrons. The van der Waals surface area contributed by atoms with Gasteiger partial charge in [0.05, 0.1) is 0 Å². The van der Waals surface area contributed by atoms with Crippen molar-refractivity contribution in [2.45, 2.75) is 46.0 Å². The molecule has 0 saturated heterocycles. The normalized spacial score (nSPS) is 19.5. The summed E-state index contributed by atoms with van der Waals surface area (Å²) in [5, 5.41) is 5.68. The van der Waals surface area contributed by atoms with Crippen LogP contribution in [0.4, 0.5) is 0 Å². The number of hydrogen-bond donors (Lipinski definition) is 2. The van der Waals surface area contributed by atoms with Crippen molar-refractivity contribution in [2.24, 2.45) is 5.92 Å². The minimum absolute atomic E-state index is 0.0138. The highest BCUT2D eigenvalue weighted by molar-refractivity contribution is 5.77.